The molecular formula is C74H135NO10. The van der Waals surface area contributed by atoms with Gasteiger partial charge in [0, 0.05) is 12.8 Å². The topological polar surface area (TPSA) is 175 Å². The summed E-state index contributed by atoms with van der Waals surface area (Å²) in [5, 5.41) is 54.3. The van der Waals surface area contributed by atoms with E-state index in [9.17, 15) is 35.1 Å². The largest absolute Gasteiger partial charge is 0.466 e. The van der Waals surface area contributed by atoms with Crippen molar-refractivity contribution >= 4 is 11.9 Å². The molecule has 0 bridgehead atoms. The SMILES string of the molecule is CCC/C=C/CC/C=C/CC/C=C/C(O)C(COC1OC(CO)C(O)C(O)C1O)NC(=O)CCCCCCCCCCCCCCCCCCC/C=C\C/C=C\CCCCCCCCCCCCCOC(=O)CCCCCCCCCCCCC. The summed E-state index contributed by atoms with van der Waals surface area (Å²) < 4.78 is 16.7. The Morgan fingerprint density at radius 3 is 1.27 bits per heavy atom. The number of hydrogen-bond donors (Lipinski definition) is 6. The lowest BCUT2D eigenvalue weighted by Gasteiger charge is -2.40. The summed E-state index contributed by atoms with van der Waals surface area (Å²) in [6.45, 7) is 4.27. The Morgan fingerprint density at radius 1 is 0.435 bits per heavy atom. The third-order valence-electron chi connectivity index (χ3n) is 16.8. The first-order chi connectivity index (χ1) is 41.7. The molecule has 1 saturated heterocycles. The maximum absolute atomic E-state index is 13.0. The van der Waals surface area contributed by atoms with E-state index in [0.717, 1.165) is 77.0 Å². The highest BCUT2D eigenvalue weighted by molar-refractivity contribution is 5.76. The van der Waals surface area contributed by atoms with Crippen molar-refractivity contribution in [1.82, 2.24) is 5.32 Å². The third-order valence-corrected chi connectivity index (χ3v) is 16.8. The number of allylic oxidation sites excluding steroid dienone is 9. The fourth-order valence-electron chi connectivity index (χ4n) is 11.2. The van der Waals surface area contributed by atoms with Crippen molar-refractivity contribution in [2.24, 2.45) is 0 Å². The molecule has 1 aliphatic rings. The first-order valence-corrected chi connectivity index (χ1v) is 36.1. The molecule has 0 aromatic carbocycles. The number of carbonyl (C=O) groups excluding carboxylic acids is 2. The van der Waals surface area contributed by atoms with Gasteiger partial charge in [0.25, 0.3) is 0 Å². The molecule has 11 heteroatoms. The van der Waals surface area contributed by atoms with Crippen LogP contribution in [0.15, 0.2) is 60.8 Å². The van der Waals surface area contributed by atoms with Gasteiger partial charge in [-0.05, 0) is 83.5 Å². The third kappa shape index (κ3) is 51.9. The van der Waals surface area contributed by atoms with Crippen LogP contribution in [-0.2, 0) is 23.8 Å². The van der Waals surface area contributed by atoms with Gasteiger partial charge in [0.2, 0.25) is 5.91 Å². The van der Waals surface area contributed by atoms with E-state index < -0.39 is 49.5 Å². The number of ether oxygens (including phenoxy) is 3. The van der Waals surface area contributed by atoms with Crippen molar-refractivity contribution in [3.05, 3.63) is 60.8 Å². The number of esters is 1. The molecule has 0 spiro atoms. The molecule has 0 aliphatic carbocycles. The molecule has 1 amide bonds. The van der Waals surface area contributed by atoms with Crippen LogP contribution in [0.4, 0.5) is 0 Å². The highest BCUT2D eigenvalue weighted by atomic mass is 16.7. The second kappa shape index (κ2) is 62.9. The maximum Gasteiger partial charge on any atom is 0.305 e. The van der Waals surface area contributed by atoms with Crippen molar-refractivity contribution in [1.29, 1.82) is 0 Å². The fraction of sp³-hybridized carbons (Fsp3) is 0.838. The fourth-order valence-corrected chi connectivity index (χ4v) is 11.2. The summed E-state index contributed by atoms with van der Waals surface area (Å²) >= 11 is 0. The van der Waals surface area contributed by atoms with Crippen LogP contribution >= 0.6 is 0 Å². The first kappa shape index (κ1) is 80.4. The van der Waals surface area contributed by atoms with E-state index in [-0.39, 0.29) is 18.5 Å². The van der Waals surface area contributed by atoms with Crippen LogP contribution in [0.5, 0.6) is 0 Å². The second-order valence-corrected chi connectivity index (χ2v) is 24.9. The number of rotatable bonds is 63. The smallest absolute Gasteiger partial charge is 0.305 e. The molecule has 11 nitrogen and oxygen atoms in total. The summed E-state index contributed by atoms with van der Waals surface area (Å²) in [5.41, 5.74) is 0. The Bertz CT molecular complexity index is 1600. The molecule has 6 N–H and O–H groups in total. The lowest BCUT2D eigenvalue weighted by Crippen LogP contribution is -2.60. The van der Waals surface area contributed by atoms with E-state index in [0.29, 0.717) is 19.4 Å². The van der Waals surface area contributed by atoms with Crippen LogP contribution in [-0.4, -0.2) is 100 Å². The molecule has 1 fully saturated rings. The molecule has 7 unspecified atom stereocenters. The lowest BCUT2D eigenvalue weighted by atomic mass is 9.99. The second-order valence-electron chi connectivity index (χ2n) is 24.9. The Morgan fingerprint density at radius 2 is 0.824 bits per heavy atom. The Hall–Kier alpha value is -2.64. The average molecular weight is 1200 g/mol. The van der Waals surface area contributed by atoms with Gasteiger partial charge in [-0.25, -0.2) is 0 Å². The van der Waals surface area contributed by atoms with Crippen LogP contribution in [0.25, 0.3) is 0 Å². The Balaban J connectivity index is 1.94. The molecule has 1 aliphatic heterocycles. The molecular weight excluding hydrogens is 1060 g/mol. The molecule has 0 saturated carbocycles. The van der Waals surface area contributed by atoms with Crippen molar-refractivity contribution < 1.29 is 49.3 Å². The van der Waals surface area contributed by atoms with Crippen LogP contribution in [0.2, 0.25) is 0 Å². The molecule has 496 valence electrons. The van der Waals surface area contributed by atoms with Crippen LogP contribution in [0, 0.1) is 0 Å². The van der Waals surface area contributed by atoms with Crippen molar-refractivity contribution in [2.45, 2.75) is 378 Å². The minimum Gasteiger partial charge on any atom is -0.466 e. The summed E-state index contributed by atoms with van der Waals surface area (Å²) in [7, 11) is 0. The number of nitrogens with one attached hydrogen (secondary N) is 1. The monoisotopic (exact) mass is 1200 g/mol. The molecule has 1 rings (SSSR count). The van der Waals surface area contributed by atoms with Gasteiger partial charge in [-0.2, -0.15) is 0 Å². The predicted molar refractivity (Wildman–Crippen MR) is 357 cm³/mol. The highest BCUT2D eigenvalue weighted by Crippen LogP contribution is 2.23. The number of aliphatic hydroxyl groups is 5. The van der Waals surface area contributed by atoms with Crippen LogP contribution in [0.3, 0.4) is 0 Å². The number of carbonyl (C=O) groups is 2. The zero-order chi connectivity index (χ0) is 61.6. The Labute approximate surface area is 522 Å². The zero-order valence-electron chi connectivity index (χ0n) is 55.1. The van der Waals surface area contributed by atoms with E-state index in [1.165, 1.54) is 231 Å². The van der Waals surface area contributed by atoms with Crippen molar-refractivity contribution in [3.63, 3.8) is 0 Å². The van der Waals surface area contributed by atoms with Crippen LogP contribution in [0.1, 0.15) is 335 Å². The van der Waals surface area contributed by atoms with E-state index in [4.69, 9.17) is 14.2 Å². The minimum absolute atomic E-state index is 0.00929. The number of unbranched alkanes of at least 4 members (excludes halogenated alkanes) is 41. The molecule has 0 radical (unpaired) electrons. The first-order valence-electron chi connectivity index (χ1n) is 36.1. The van der Waals surface area contributed by atoms with Gasteiger partial charge in [-0.3, -0.25) is 9.59 Å². The minimum atomic E-state index is -1.58. The van der Waals surface area contributed by atoms with Crippen molar-refractivity contribution in [2.75, 3.05) is 19.8 Å². The average Bonchev–Trinajstić information content (AvgIpc) is 3.67. The molecule has 1 heterocycles. The van der Waals surface area contributed by atoms with E-state index in [1.54, 1.807) is 6.08 Å². The molecule has 85 heavy (non-hydrogen) atoms. The maximum atomic E-state index is 13.0. The van der Waals surface area contributed by atoms with Gasteiger partial charge in [0.05, 0.1) is 32.0 Å². The zero-order valence-corrected chi connectivity index (χ0v) is 55.1. The van der Waals surface area contributed by atoms with E-state index in [2.05, 4.69) is 67.8 Å². The van der Waals surface area contributed by atoms with Crippen LogP contribution < -0.4 is 5.32 Å². The molecule has 0 aromatic heterocycles. The van der Waals surface area contributed by atoms with Gasteiger partial charge < -0.3 is 45.1 Å². The summed E-state index contributed by atoms with van der Waals surface area (Å²) in [4.78, 5) is 25.1. The number of amides is 1. The predicted octanol–water partition coefficient (Wildman–Crippen LogP) is 18.5. The standard InChI is InChI=1S/C74H135NO10/c1-3-5-7-9-11-13-40-44-48-52-56-60-67(77)66(65-84-74-73(82)72(81)71(80)68(64-76)85-74)75-69(78)61-57-53-49-45-42-38-36-34-32-30-28-26-24-22-20-18-16-15-17-19-21-23-25-27-29-31-33-35-37-39-43-47-51-55-59-63-83-70(79)62-58-54-50-46-41-14-12-10-8-6-4-2/h7,9,17,19,23,25,40,44,56,60,66-68,71-74,76-77,80-82H,3-6,8,10-16,18,20-22,24,26-39,41-43,45-55,57-59,61-65H2,1-2H3,(H,75,78)/b9-7+,19-17-,25-23-,44-40+,60-56+. The lowest BCUT2D eigenvalue weighted by molar-refractivity contribution is -0.302. The van der Waals surface area contributed by atoms with Gasteiger partial charge in [-0.1, -0.05) is 299 Å². The van der Waals surface area contributed by atoms with E-state index >= 15 is 0 Å². The molecule has 7 atom stereocenters. The highest BCUT2D eigenvalue weighted by Gasteiger charge is 2.44. The van der Waals surface area contributed by atoms with Gasteiger partial charge in [0.15, 0.2) is 6.29 Å². The normalized spacial score (nSPS) is 18.3. The number of aliphatic hydroxyl groups excluding tert-OH is 5. The van der Waals surface area contributed by atoms with Gasteiger partial charge >= 0.3 is 5.97 Å². The van der Waals surface area contributed by atoms with Gasteiger partial charge in [0.1, 0.15) is 24.4 Å². The van der Waals surface area contributed by atoms with Crippen molar-refractivity contribution in [3.8, 4) is 0 Å². The summed E-state index contributed by atoms with van der Waals surface area (Å²) in [6.07, 6.45) is 73.8. The number of hydrogen-bond acceptors (Lipinski definition) is 10. The summed E-state index contributed by atoms with van der Waals surface area (Å²) in [6, 6.07) is -0.833. The van der Waals surface area contributed by atoms with E-state index in [1.807, 2.05) is 6.08 Å². The Kier molecular flexibility index (Phi) is 59.5. The summed E-state index contributed by atoms with van der Waals surface area (Å²) in [5.74, 6) is -0.186. The molecule has 0 aromatic rings. The van der Waals surface area contributed by atoms with Gasteiger partial charge in [-0.15, -0.1) is 0 Å². The quantitative estimate of drug-likeness (QED) is 0.0195.